The van der Waals surface area contributed by atoms with E-state index in [1.165, 1.54) is 6.92 Å². The smallest absolute Gasteiger partial charge is 0.196 e. The summed E-state index contributed by atoms with van der Waals surface area (Å²) >= 11 is 0. The molecular formula is C6H6F5. The van der Waals surface area contributed by atoms with Crippen molar-refractivity contribution in [2.24, 2.45) is 5.92 Å². The lowest BCUT2D eigenvalue weighted by atomic mass is 10.2. The van der Waals surface area contributed by atoms with Gasteiger partial charge in [0.2, 0.25) is 0 Å². The van der Waals surface area contributed by atoms with E-state index < -0.39 is 18.0 Å². The summed E-state index contributed by atoms with van der Waals surface area (Å²) in [6.07, 6.45) is -5.50. The lowest BCUT2D eigenvalue weighted by molar-refractivity contribution is -0.289. The molecule has 1 fully saturated rings. The van der Waals surface area contributed by atoms with Gasteiger partial charge in [0, 0.05) is 5.92 Å². The zero-order valence-electron chi connectivity index (χ0n) is 5.67. The monoisotopic (exact) mass is 173 g/mol. The molecule has 0 nitrogen and oxygen atoms in total. The molecular weight excluding hydrogens is 167 g/mol. The normalized spacial score (nSPS) is 27.3. The summed E-state index contributed by atoms with van der Waals surface area (Å²) in [6.45, 7) is 1.31. The van der Waals surface area contributed by atoms with Crippen LogP contribution >= 0.6 is 0 Å². The number of hydrogen-bond donors (Lipinski definition) is 0. The second kappa shape index (κ2) is 2.08. The van der Waals surface area contributed by atoms with Crippen molar-refractivity contribution < 1.29 is 22.0 Å². The molecule has 11 heavy (non-hydrogen) atoms. The Morgan fingerprint density at radius 3 is 1.64 bits per heavy atom. The molecule has 0 N–H and O–H groups in total. The minimum atomic E-state index is -5.39. The molecule has 1 saturated carbocycles. The standard InChI is InChI=1S/C6H6F5/c1-3-2-4(3)5(7,8)6(9,10)11/h4H,2H2,1H3. The molecule has 0 heterocycles. The molecule has 0 spiro atoms. The predicted molar refractivity (Wildman–Crippen MR) is 28.0 cm³/mol. The SMILES string of the molecule is C[C]1CC1C(F)(F)C(F)(F)F. The summed E-state index contributed by atoms with van der Waals surface area (Å²) in [4.78, 5) is 0. The van der Waals surface area contributed by atoms with Crippen LogP contribution in [-0.2, 0) is 0 Å². The summed E-state index contributed by atoms with van der Waals surface area (Å²) in [6, 6.07) is 0. The third kappa shape index (κ3) is 1.32. The van der Waals surface area contributed by atoms with Crippen LogP contribution in [0.5, 0.6) is 0 Å². The van der Waals surface area contributed by atoms with Gasteiger partial charge in [0.05, 0.1) is 0 Å². The number of halogens is 5. The first-order chi connectivity index (χ1) is 4.77. The van der Waals surface area contributed by atoms with E-state index in [0.717, 1.165) is 0 Å². The second-order valence-corrected chi connectivity index (χ2v) is 2.72. The maximum Gasteiger partial charge on any atom is 0.453 e. The molecule has 1 radical (unpaired) electrons. The maximum absolute atomic E-state index is 12.2. The fraction of sp³-hybridized carbons (Fsp3) is 0.833. The van der Waals surface area contributed by atoms with Crippen molar-refractivity contribution in [1.82, 2.24) is 0 Å². The lowest BCUT2D eigenvalue weighted by Gasteiger charge is -2.18. The van der Waals surface area contributed by atoms with Crippen LogP contribution < -0.4 is 0 Å². The largest absolute Gasteiger partial charge is 0.453 e. The van der Waals surface area contributed by atoms with E-state index in [1.807, 2.05) is 0 Å². The third-order valence-electron chi connectivity index (χ3n) is 1.78. The fourth-order valence-electron chi connectivity index (χ4n) is 0.898. The summed E-state index contributed by atoms with van der Waals surface area (Å²) in [5.74, 6) is -5.85. The van der Waals surface area contributed by atoms with Crippen LogP contribution in [0.15, 0.2) is 0 Å². The van der Waals surface area contributed by atoms with Gasteiger partial charge >= 0.3 is 12.1 Å². The van der Waals surface area contributed by atoms with Crippen molar-refractivity contribution in [3.63, 3.8) is 0 Å². The van der Waals surface area contributed by atoms with Crippen molar-refractivity contribution in [3.05, 3.63) is 5.92 Å². The van der Waals surface area contributed by atoms with Crippen LogP contribution in [0.25, 0.3) is 0 Å². The van der Waals surface area contributed by atoms with E-state index in [9.17, 15) is 22.0 Å². The average molecular weight is 173 g/mol. The average Bonchev–Trinajstić information content (AvgIpc) is 2.43. The van der Waals surface area contributed by atoms with Gasteiger partial charge in [-0.15, -0.1) is 0 Å². The highest BCUT2D eigenvalue weighted by Crippen LogP contribution is 2.56. The Morgan fingerprint density at radius 1 is 1.18 bits per heavy atom. The van der Waals surface area contributed by atoms with Gasteiger partial charge in [-0.2, -0.15) is 22.0 Å². The first-order valence-corrected chi connectivity index (χ1v) is 3.03. The summed E-state index contributed by atoms with van der Waals surface area (Å²) < 4.78 is 59.0. The van der Waals surface area contributed by atoms with Gasteiger partial charge in [0.15, 0.2) is 0 Å². The molecule has 1 aliphatic rings. The molecule has 0 aromatic rings. The Hall–Kier alpha value is -0.350. The summed E-state index contributed by atoms with van der Waals surface area (Å²) in [7, 11) is 0. The molecule has 0 aromatic heterocycles. The lowest BCUT2D eigenvalue weighted by Crippen LogP contribution is -2.38. The number of hydrogen-bond acceptors (Lipinski definition) is 0. The van der Waals surface area contributed by atoms with Gasteiger partial charge < -0.3 is 0 Å². The second-order valence-electron chi connectivity index (χ2n) is 2.72. The van der Waals surface area contributed by atoms with Gasteiger partial charge in [-0.25, -0.2) is 0 Å². The van der Waals surface area contributed by atoms with Crippen LogP contribution in [-0.4, -0.2) is 12.1 Å². The Kier molecular flexibility index (Phi) is 1.65. The minimum Gasteiger partial charge on any atom is -0.196 e. The highest BCUT2D eigenvalue weighted by molar-refractivity contribution is 5.17. The van der Waals surface area contributed by atoms with Crippen LogP contribution in [0.2, 0.25) is 0 Å². The molecule has 0 amide bonds. The summed E-state index contributed by atoms with van der Waals surface area (Å²) in [5, 5.41) is 0. The molecule has 5 heteroatoms. The maximum atomic E-state index is 12.2. The van der Waals surface area contributed by atoms with Crippen LogP contribution in [0.4, 0.5) is 22.0 Å². The van der Waals surface area contributed by atoms with Crippen molar-refractivity contribution in [1.29, 1.82) is 0 Å². The molecule has 65 valence electrons. The molecule has 1 rings (SSSR count). The molecule has 0 aliphatic heterocycles. The van der Waals surface area contributed by atoms with Crippen LogP contribution in [0.3, 0.4) is 0 Å². The van der Waals surface area contributed by atoms with E-state index in [1.54, 1.807) is 0 Å². The first kappa shape index (κ1) is 8.74. The van der Waals surface area contributed by atoms with E-state index >= 15 is 0 Å². The van der Waals surface area contributed by atoms with Gasteiger partial charge in [-0.1, -0.05) is 6.92 Å². The Balaban J connectivity index is 2.67. The molecule has 0 aromatic carbocycles. The van der Waals surface area contributed by atoms with Gasteiger partial charge in [-0.3, -0.25) is 0 Å². The molecule has 1 aliphatic carbocycles. The third-order valence-corrected chi connectivity index (χ3v) is 1.78. The molecule has 0 bridgehead atoms. The predicted octanol–water partition coefficient (Wildman–Crippen LogP) is 2.80. The Morgan fingerprint density at radius 2 is 1.55 bits per heavy atom. The van der Waals surface area contributed by atoms with Crippen molar-refractivity contribution >= 4 is 0 Å². The van der Waals surface area contributed by atoms with Crippen LogP contribution in [0, 0.1) is 11.8 Å². The van der Waals surface area contributed by atoms with Crippen molar-refractivity contribution in [3.8, 4) is 0 Å². The van der Waals surface area contributed by atoms with E-state index in [-0.39, 0.29) is 12.3 Å². The number of rotatable bonds is 1. The van der Waals surface area contributed by atoms with Gasteiger partial charge in [0.1, 0.15) is 0 Å². The molecule has 1 unspecified atom stereocenters. The molecule has 0 saturated heterocycles. The van der Waals surface area contributed by atoms with E-state index in [4.69, 9.17) is 0 Å². The fourth-order valence-corrected chi connectivity index (χ4v) is 0.898. The van der Waals surface area contributed by atoms with Crippen molar-refractivity contribution in [2.45, 2.75) is 25.4 Å². The van der Waals surface area contributed by atoms with Gasteiger partial charge in [-0.05, 0) is 12.3 Å². The van der Waals surface area contributed by atoms with Crippen LogP contribution in [0.1, 0.15) is 13.3 Å². The quantitative estimate of drug-likeness (QED) is 0.535. The Bertz CT molecular complexity index is 159. The molecule has 1 atom stereocenters. The minimum absolute atomic E-state index is 0.105. The van der Waals surface area contributed by atoms with E-state index in [0.29, 0.717) is 0 Å². The zero-order chi connectivity index (χ0) is 8.86. The van der Waals surface area contributed by atoms with E-state index in [2.05, 4.69) is 0 Å². The zero-order valence-corrected chi connectivity index (χ0v) is 5.67. The highest BCUT2D eigenvalue weighted by atomic mass is 19.4. The topological polar surface area (TPSA) is 0 Å². The first-order valence-electron chi connectivity index (χ1n) is 3.03. The van der Waals surface area contributed by atoms with Crippen molar-refractivity contribution in [2.75, 3.05) is 0 Å². The number of alkyl halides is 5. The van der Waals surface area contributed by atoms with Gasteiger partial charge in [0.25, 0.3) is 0 Å². The Labute approximate surface area is 60.4 Å². The highest BCUT2D eigenvalue weighted by Gasteiger charge is 2.68. The summed E-state index contributed by atoms with van der Waals surface area (Å²) in [5.41, 5.74) is 0.